The lowest BCUT2D eigenvalue weighted by molar-refractivity contribution is 0.306. The molecule has 0 fully saturated rings. The predicted octanol–water partition coefficient (Wildman–Crippen LogP) is 2.46. The maximum absolute atomic E-state index is 14.9. The molecule has 9 nitrogen and oxygen atoms in total. The average Bonchev–Trinajstić information content (AvgIpc) is 3.31. The van der Waals surface area contributed by atoms with Crippen LogP contribution in [-0.2, 0) is 5.41 Å². The van der Waals surface area contributed by atoms with Gasteiger partial charge in [-0.2, -0.15) is 0 Å². The maximum Gasteiger partial charge on any atom is 0.231 e. The van der Waals surface area contributed by atoms with Crippen LogP contribution in [0.4, 0.5) is 10.3 Å². The molecule has 10 heteroatoms. The van der Waals surface area contributed by atoms with Crippen molar-refractivity contribution < 1.29 is 19.1 Å². The van der Waals surface area contributed by atoms with E-state index >= 15 is 0 Å². The summed E-state index contributed by atoms with van der Waals surface area (Å²) in [7, 11) is 0. The second-order valence-corrected chi connectivity index (χ2v) is 7.96. The zero-order valence-electron chi connectivity index (χ0n) is 19.1. The van der Waals surface area contributed by atoms with Crippen molar-refractivity contribution in [2.75, 3.05) is 31.6 Å². The summed E-state index contributed by atoms with van der Waals surface area (Å²) in [5.41, 5.74) is 7.75. The number of guanidine groups is 2. The largest absolute Gasteiger partial charge is 0.394 e. The molecule has 1 aromatic heterocycles. The smallest absolute Gasteiger partial charge is 0.231 e. The van der Waals surface area contributed by atoms with Crippen molar-refractivity contribution in [1.29, 1.82) is 0 Å². The van der Waals surface area contributed by atoms with Gasteiger partial charge in [-0.3, -0.25) is 20.6 Å². The van der Waals surface area contributed by atoms with Gasteiger partial charge in [0.15, 0.2) is 5.96 Å². The van der Waals surface area contributed by atoms with Crippen LogP contribution in [0, 0.1) is 5.82 Å². The summed E-state index contributed by atoms with van der Waals surface area (Å²) in [6.07, 6.45) is 0. The van der Waals surface area contributed by atoms with Crippen LogP contribution in [-0.4, -0.2) is 53.6 Å². The summed E-state index contributed by atoms with van der Waals surface area (Å²) in [5.74, 6) is 0.168. The van der Waals surface area contributed by atoms with E-state index in [9.17, 15) is 4.39 Å². The maximum atomic E-state index is 14.9. The van der Waals surface area contributed by atoms with Crippen LogP contribution in [0.15, 0.2) is 69.1 Å². The molecule has 0 bridgehead atoms. The van der Waals surface area contributed by atoms with Crippen LogP contribution in [0.5, 0.6) is 0 Å². The normalized spacial score (nSPS) is 12.6. The highest BCUT2D eigenvalue weighted by Crippen LogP contribution is 2.34. The predicted molar refractivity (Wildman–Crippen MR) is 130 cm³/mol. The van der Waals surface area contributed by atoms with E-state index < -0.39 is 5.41 Å². The molecule has 0 aliphatic heterocycles. The van der Waals surface area contributed by atoms with Crippen molar-refractivity contribution in [3.05, 3.63) is 71.7 Å². The van der Waals surface area contributed by atoms with Gasteiger partial charge in [-0.25, -0.2) is 4.39 Å². The van der Waals surface area contributed by atoms with E-state index in [2.05, 4.69) is 25.8 Å². The summed E-state index contributed by atoms with van der Waals surface area (Å²) in [5, 5.41) is 27.8. The minimum Gasteiger partial charge on any atom is -0.394 e. The number of nitrogens with one attached hydrogen (secondary N) is 2. The van der Waals surface area contributed by atoms with Gasteiger partial charge in [0.2, 0.25) is 11.8 Å². The highest BCUT2D eigenvalue weighted by Gasteiger charge is 2.28. The first-order chi connectivity index (χ1) is 16.3. The van der Waals surface area contributed by atoms with Crippen molar-refractivity contribution in [2.24, 2.45) is 15.7 Å². The van der Waals surface area contributed by atoms with E-state index in [0.717, 1.165) is 11.1 Å². The van der Waals surface area contributed by atoms with Gasteiger partial charge in [-0.05, 0) is 17.2 Å². The minimum atomic E-state index is -0.656. The molecular formula is C24H29FN6O3. The Morgan fingerprint density at radius 2 is 1.76 bits per heavy atom. The van der Waals surface area contributed by atoms with Gasteiger partial charge in [0, 0.05) is 17.0 Å². The molecule has 6 N–H and O–H groups in total. The van der Waals surface area contributed by atoms with Gasteiger partial charge in [-0.15, -0.1) is 0 Å². The standard InChI is InChI=1S/C24H29FN6O3/c1-24(2,17-8-9-18(19(25)14-17)16-6-4-3-5-7-16)20-15-21(34-31-20)29-23(28-11-13-33)30-22(26)27-10-12-32/h3-9,14-15,32-33H,10-13H2,1-2H3,(H4,26,27,28,29,30). The molecule has 0 spiro atoms. The molecule has 3 aromatic rings. The Morgan fingerprint density at radius 1 is 1.06 bits per heavy atom. The fourth-order valence-electron chi connectivity index (χ4n) is 3.25. The fraction of sp³-hybridized carbons (Fsp3) is 0.292. The molecule has 0 radical (unpaired) electrons. The van der Waals surface area contributed by atoms with Crippen LogP contribution in [0.1, 0.15) is 25.1 Å². The number of aliphatic hydroxyl groups is 2. The van der Waals surface area contributed by atoms with E-state index in [1.807, 2.05) is 50.2 Å². The zero-order valence-corrected chi connectivity index (χ0v) is 19.1. The summed E-state index contributed by atoms with van der Waals surface area (Å²) in [6, 6.07) is 16.2. The summed E-state index contributed by atoms with van der Waals surface area (Å²) >= 11 is 0. The van der Waals surface area contributed by atoms with E-state index in [1.54, 1.807) is 12.1 Å². The lowest BCUT2D eigenvalue weighted by Gasteiger charge is -2.23. The molecule has 0 amide bonds. The van der Waals surface area contributed by atoms with Gasteiger partial charge >= 0.3 is 0 Å². The van der Waals surface area contributed by atoms with Crippen LogP contribution in [0.25, 0.3) is 11.1 Å². The third-order valence-corrected chi connectivity index (χ3v) is 5.17. The first kappa shape index (κ1) is 24.9. The molecule has 0 saturated heterocycles. The van der Waals surface area contributed by atoms with E-state index in [1.165, 1.54) is 6.07 Å². The summed E-state index contributed by atoms with van der Waals surface area (Å²) in [6.45, 7) is 3.77. The topological polar surface area (TPSA) is 141 Å². The number of benzene rings is 2. The summed E-state index contributed by atoms with van der Waals surface area (Å²) < 4.78 is 20.4. The number of aliphatic imine (C=N–C) groups is 2. The lowest BCUT2D eigenvalue weighted by Crippen LogP contribution is -2.41. The Bertz CT molecular complexity index is 1140. The van der Waals surface area contributed by atoms with Crippen LogP contribution in [0.3, 0.4) is 0 Å². The second-order valence-electron chi connectivity index (χ2n) is 7.96. The van der Waals surface area contributed by atoms with Crippen LogP contribution in [0.2, 0.25) is 0 Å². The quantitative estimate of drug-likeness (QED) is 0.253. The Labute approximate surface area is 197 Å². The number of aliphatic hydroxyl groups excluding tert-OH is 2. The number of nitrogens with zero attached hydrogens (tertiary/aromatic N) is 3. The van der Waals surface area contributed by atoms with E-state index in [4.69, 9.17) is 20.5 Å². The number of halogens is 1. The molecular weight excluding hydrogens is 439 g/mol. The Hall–Kier alpha value is -3.76. The number of hydrogen-bond acceptors (Lipinski definition) is 6. The monoisotopic (exact) mass is 468 g/mol. The third kappa shape index (κ3) is 6.18. The highest BCUT2D eigenvalue weighted by molar-refractivity contribution is 6.04. The molecule has 2 aromatic carbocycles. The van der Waals surface area contributed by atoms with Gasteiger partial charge in [0.1, 0.15) is 5.82 Å². The molecule has 0 aliphatic carbocycles. The number of aromatic nitrogens is 1. The Kier molecular flexibility index (Phi) is 8.34. The number of nitrogens with two attached hydrogens (primary N) is 1. The van der Waals surface area contributed by atoms with Crippen LogP contribution < -0.4 is 16.4 Å². The van der Waals surface area contributed by atoms with Gasteiger partial charge < -0.3 is 20.5 Å². The first-order valence-electron chi connectivity index (χ1n) is 10.8. The highest BCUT2D eigenvalue weighted by atomic mass is 19.1. The second kappa shape index (κ2) is 11.4. The minimum absolute atomic E-state index is 0.0345. The lowest BCUT2D eigenvalue weighted by atomic mass is 9.81. The van der Waals surface area contributed by atoms with E-state index in [0.29, 0.717) is 11.3 Å². The molecule has 0 atom stereocenters. The van der Waals surface area contributed by atoms with Crippen molar-refractivity contribution >= 4 is 17.8 Å². The average molecular weight is 469 g/mol. The molecule has 34 heavy (non-hydrogen) atoms. The van der Waals surface area contributed by atoms with Gasteiger partial charge in [0.25, 0.3) is 0 Å². The van der Waals surface area contributed by atoms with Crippen molar-refractivity contribution in [1.82, 2.24) is 10.5 Å². The SMILES string of the molecule is CC(C)(c1ccc(-c2ccccc2)c(F)c1)c1cc(NC(=NCCO)NC(N)=NCCO)on1. The van der Waals surface area contributed by atoms with Gasteiger partial charge in [-0.1, -0.05) is 61.5 Å². The molecule has 3 rings (SSSR count). The van der Waals surface area contributed by atoms with Crippen molar-refractivity contribution in [2.45, 2.75) is 19.3 Å². The molecule has 180 valence electrons. The molecule has 1 heterocycles. The van der Waals surface area contributed by atoms with Crippen LogP contribution >= 0.6 is 0 Å². The Balaban J connectivity index is 1.80. The molecule has 0 saturated carbocycles. The van der Waals surface area contributed by atoms with Crippen molar-refractivity contribution in [3.8, 4) is 11.1 Å². The molecule has 0 aliphatic rings. The first-order valence-corrected chi connectivity index (χ1v) is 10.8. The number of rotatable bonds is 8. The van der Waals surface area contributed by atoms with E-state index in [-0.39, 0.29) is 49.9 Å². The molecule has 0 unspecified atom stereocenters. The van der Waals surface area contributed by atoms with Crippen molar-refractivity contribution in [3.63, 3.8) is 0 Å². The summed E-state index contributed by atoms with van der Waals surface area (Å²) in [4.78, 5) is 8.07. The van der Waals surface area contributed by atoms with Gasteiger partial charge in [0.05, 0.1) is 32.0 Å². The zero-order chi connectivity index (χ0) is 24.6. The Morgan fingerprint density at radius 3 is 2.44 bits per heavy atom. The number of hydrogen-bond donors (Lipinski definition) is 5. The number of anilines is 1. The fourth-order valence-corrected chi connectivity index (χ4v) is 3.25. The third-order valence-electron chi connectivity index (χ3n) is 5.17.